The van der Waals surface area contributed by atoms with Crippen molar-refractivity contribution >= 4 is 12.0 Å². The van der Waals surface area contributed by atoms with Crippen LogP contribution in [0.2, 0.25) is 0 Å². The van der Waals surface area contributed by atoms with Gasteiger partial charge in [-0.05, 0) is 31.6 Å². The standard InChI is InChI=1S/C12H22N2O4/c1-14-11(15)10(18-12(13)16)4-2-3-9-5-7-17-8-6-9/h9-10H,2-8H2,1H3,(H2,13,16)(H,14,15)/t10-/m0/s1. The topological polar surface area (TPSA) is 90.7 Å². The van der Waals surface area contributed by atoms with Gasteiger partial charge in [-0.25, -0.2) is 4.79 Å². The molecule has 0 unspecified atom stereocenters. The normalized spacial score (nSPS) is 18.1. The van der Waals surface area contributed by atoms with Crippen LogP contribution in [0, 0.1) is 5.92 Å². The molecule has 0 aromatic rings. The second-order valence-corrected chi connectivity index (χ2v) is 4.53. The summed E-state index contributed by atoms with van der Waals surface area (Å²) in [6.45, 7) is 1.64. The summed E-state index contributed by atoms with van der Waals surface area (Å²) >= 11 is 0. The molecule has 3 N–H and O–H groups in total. The Balaban J connectivity index is 2.27. The van der Waals surface area contributed by atoms with Crippen LogP contribution in [0.25, 0.3) is 0 Å². The van der Waals surface area contributed by atoms with Crippen molar-refractivity contribution in [2.75, 3.05) is 20.3 Å². The first-order chi connectivity index (χ1) is 8.63. The molecular weight excluding hydrogens is 236 g/mol. The molecule has 1 fully saturated rings. The van der Waals surface area contributed by atoms with Crippen molar-refractivity contribution in [2.45, 2.75) is 38.2 Å². The zero-order chi connectivity index (χ0) is 13.4. The van der Waals surface area contributed by atoms with Crippen LogP contribution in [-0.4, -0.2) is 38.4 Å². The first kappa shape index (κ1) is 14.8. The van der Waals surface area contributed by atoms with Crippen molar-refractivity contribution in [3.05, 3.63) is 0 Å². The van der Waals surface area contributed by atoms with Crippen molar-refractivity contribution in [3.63, 3.8) is 0 Å². The second kappa shape index (κ2) is 7.92. The van der Waals surface area contributed by atoms with Crippen LogP contribution in [0.15, 0.2) is 0 Å². The van der Waals surface area contributed by atoms with Crippen LogP contribution >= 0.6 is 0 Å². The van der Waals surface area contributed by atoms with E-state index in [1.807, 2.05) is 0 Å². The van der Waals surface area contributed by atoms with E-state index in [4.69, 9.17) is 15.2 Å². The Kier molecular flexibility index (Phi) is 6.49. The number of rotatable bonds is 6. The highest BCUT2D eigenvalue weighted by Gasteiger charge is 2.21. The molecule has 1 rings (SSSR count). The number of carbonyl (C=O) groups excluding carboxylic acids is 2. The van der Waals surface area contributed by atoms with Gasteiger partial charge in [-0.3, -0.25) is 4.79 Å². The molecular formula is C12H22N2O4. The lowest BCUT2D eigenvalue weighted by atomic mass is 9.93. The van der Waals surface area contributed by atoms with Gasteiger partial charge in [-0.15, -0.1) is 0 Å². The van der Waals surface area contributed by atoms with E-state index < -0.39 is 12.2 Å². The molecule has 1 aliphatic heterocycles. The number of hydrogen-bond acceptors (Lipinski definition) is 4. The predicted molar refractivity (Wildman–Crippen MR) is 65.9 cm³/mol. The predicted octanol–water partition coefficient (Wildman–Crippen LogP) is 0.793. The maximum Gasteiger partial charge on any atom is 0.405 e. The molecule has 0 saturated carbocycles. The number of ether oxygens (including phenoxy) is 2. The van der Waals surface area contributed by atoms with Gasteiger partial charge in [0.15, 0.2) is 6.10 Å². The maximum absolute atomic E-state index is 11.5. The smallest absolute Gasteiger partial charge is 0.405 e. The number of primary amides is 1. The summed E-state index contributed by atoms with van der Waals surface area (Å²) in [5.74, 6) is 0.346. The van der Waals surface area contributed by atoms with E-state index in [-0.39, 0.29) is 5.91 Å². The van der Waals surface area contributed by atoms with E-state index in [1.54, 1.807) is 0 Å². The van der Waals surface area contributed by atoms with Crippen molar-refractivity contribution in [1.29, 1.82) is 0 Å². The van der Waals surface area contributed by atoms with Gasteiger partial charge in [-0.2, -0.15) is 0 Å². The molecule has 1 aliphatic rings. The van der Waals surface area contributed by atoms with E-state index in [9.17, 15) is 9.59 Å². The summed E-state index contributed by atoms with van der Waals surface area (Å²) < 4.78 is 10.1. The highest BCUT2D eigenvalue weighted by Crippen LogP contribution is 2.21. The molecule has 0 spiro atoms. The average molecular weight is 258 g/mol. The Labute approximate surface area is 107 Å². The monoisotopic (exact) mass is 258 g/mol. The molecule has 0 aromatic carbocycles. The van der Waals surface area contributed by atoms with Crippen molar-refractivity contribution < 1.29 is 19.1 Å². The molecule has 1 saturated heterocycles. The molecule has 0 bridgehead atoms. The van der Waals surface area contributed by atoms with E-state index in [2.05, 4.69) is 5.32 Å². The van der Waals surface area contributed by atoms with Crippen molar-refractivity contribution in [2.24, 2.45) is 11.7 Å². The fourth-order valence-corrected chi connectivity index (χ4v) is 2.17. The first-order valence-corrected chi connectivity index (χ1v) is 6.39. The largest absolute Gasteiger partial charge is 0.436 e. The lowest BCUT2D eigenvalue weighted by Crippen LogP contribution is -2.37. The third kappa shape index (κ3) is 5.35. The van der Waals surface area contributed by atoms with Crippen molar-refractivity contribution in [1.82, 2.24) is 5.32 Å². The minimum Gasteiger partial charge on any atom is -0.436 e. The van der Waals surface area contributed by atoms with Gasteiger partial charge in [0.25, 0.3) is 5.91 Å². The average Bonchev–Trinajstić information content (AvgIpc) is 2.37. The zero-order valence-electron chi connectivity index (χ0n) is 10.8. The van der Waals surface area contributed by atoms with Crippen LogP contribution in [0.3, 0.4) is 0 Å². The first-order valence-electron chi connectivity index (χ1n) is 6.39. The van der Waals surface area contributed by atoms with Gasteiger partial charge in [0, 0.05) is 20.3 Å². The van der Waals surface area contributed by atoms with E-state index in [0.717, 1.165) is 38.9 Å². The Morgan fingerprint density at radius 1 is 1.44 bits per heavy atom. The van der Waals surface area contributed by atoms with E-state index in [1.165, 1.54) is 7.05 Å². The van der Waals surface area contributed by atoms with Gasteiger partial charge in [-0.1, -0.05) is 6.42 Å². The fourth-order valence-electron chi connectivity index (χ4n) is 2.17. The van der Waals surface area contributed by atoms with Crippen LogP contribution in [-0.2, 0) is 14.3 Å². The molecule has 2 amide bonds. The maximum atomic E-state index is 11.5. The summed E-state index contributed by atoms with van der Waals surface area (Å²) in [5.41, 5.74) is 4.94. The molecule has 0 aromatic heterocycles. The number of amides is 2. The van der Waals surface area contributed by atoms with Gasteiger partial charge in [0.1, 0.15) is 0 Å². The molecule has 6 nitrogen and oxygen atoms in total. The Hall–Kier alpha value is -1.30. The SMILES string of the molecule is CNC(=O)[C@H](CCCC1CCOCC1)OC(N)=O. The minimum absolute atomic E-state index is 0.305. The summed E-state index contributed by atoms with van der Waals surface area (Å²) in [6, 6.07) is 0. The number of carbonyl (C=O) groups is 2. The van der Waals surface area contributed by atoms with E-state index >= 15 is 0 Å². The second-order valence-electron chi connectivity index (χ2n) is 4.53. The summed E-state index contributed by atoms with van der Waals surface area (Å²) in [6.07, 6.45) is 2.85. The fraction of sp³-hybridized carbons (Fsp3) is 0.833. The molecule has 0 radical (unpaired) electrons. The zero-order valence-corrected chi connectivity index (χ0v) is 10.8. The van der Waals surface area contributed by atoms with E-state index in [0.29, 0.717) is 12.3 Å². The lowest BCUT2D eigenvalue weighted by molar-refractivity contribution is -0.129. The highest BCUT2D eigenvalue weighted by atomic mass is 16.6. The molecule has 0 aliphatic carbocycles. The molecule has 6 heteroatoms. The number of nitrogens with one attached hydrogen (secondary N) is 1. The molecule has 1 atom stereocenters. The van der Waals surface area contributed by atoms with Crippen LogP contribution in [0.5, 0.6) is 0 Å². The van der Waals surface area contributed by atoms with Crippen LogP contribution in [0.4, 0.5) is 4.79 Å². The quantitative estimate of drug-likeness (QED) is 0.737. The molecule has 104 valence electrons. The van der Waals surface area contributed by atoms with Crippen LogP contribution in [0.1, 0.15) is 32.1 Å². The number of likely N-dealkylation sites (N-methyl/N-ethyl adjacent to an activating group) is 1. The lowest BCUT2D eigenvalue weighted by Gasteiger charge is -2.22. The summed E-state index contributed by atoms with van der Waals surface area (Å²) in [7, 11) is 1.51. The Morgan fingerprint density at radius 3 is 2.67 bits per heavy atom. The third-order valence-electron chi connectivity index (χ3n) is 3.22. The Morgan fingerprint density at radius 2 is 2.11 bits per heavy atom. The van der Waals surface area contributed by atoms with Gasteiger partial charge in [0.2, 0.25) is 0 Å². The van der Waals surface area contributed by atoms with Gasteiger partial charge >= 0.3 is 6.09 Å². The van der Waals surface area contributed by atoms with Crippen LogP contribution < -0.4 is 11.1 Å². The minimum atomic E-state index is -0.908. The summed E-state index contributed by atoms with van der Waals surface area (Å²) in [5, 5.41) is 2.47. The third-order valence-corrected chi connectivity index (χ3v) is 3.22. The highest BCUT2D eigenvalue weighted by molar-refractivity contribution is 5.82. The molecule has 1 heterocycles. The number of nitrogens with two attached hydrogens (primary N) is 1. The van der Waals surface area contributed by atoms with Crippen molar-refractivity contribution in [3.8, 4) is 0 Å². The van der Waals surface area contributed by atoms with Gasteiger partial charge in [0.05, 0.1) is 0 Å². The van der Waals surface area contributed by atoms with Gasteiger partial charge < -0.3 is 20.5 Å². The molecule has 18 heavy (non-hydrogen) atoms. The number of hydrogen-bond donors (Lipinski definition) is 2. The summed E-state index contributed by atoms with van der Waals surface area (Å²) in [4.78, 5) is 22.2. The Bertz CT molecular complexity index is 277.